The molecule has 3 atom stereocenters. The molecule has 3 aliphatic rings. The van der Waals surface area contributed by atoms with E-state index in [4.69, 9.17) is 61.7 Å². The molecule has 370 valence electrons. The third kappa shape index (κ3) is 28.3. The number of carbonyl (C=O) groups excluding carboxylic acids is 5. The monoisotopic (exact) mass is 940 g/mol. The first-order valence-corrected chi connectivity index (χ1v) is 23.4. The Hall–Kier alpha value is -2.78. The fourth-order valence-corrected chi connectivity index (χ4v) is 7.65. The highest BCUT2D eigenvalue weighted by Gasteiger charge is 2.42. The van der Waals surface area contributed by atoms with Gasteiger partial charge in [-0.2, -0.15) is 11.8 Å². The molecule has 0 aliphatic carbocycles. The Balaban J connectivity index is 0.881. The van der Waals surface area contributed by atoms with Crippen molar-refractivity contribution in [3.8, 4) is 0 Å². The number of rotatable bonds is 45. The Morgan fingerprint density at radius 3 is 1.33 bits per heavy atom. The van der Waals surface area contributed by atoms with Gasteiger partial charge in [-0.3, -0.25) is 14.4 Å². The van der Waals surface area contributed by atoms with Gasteiger partial charge in [0.25, 0.3) is 11.8 Å². The topological polar surface area (TPSA) is 245 Å². The van der Waals surface area contributed by atoms with Crippen molar-refractivity contribution in [2.75, 3.05) is 171 Å². The van der Waals surface area contributed by atoms with Gasteiger partial charge in [0.05, 0.1) is 177 Å². The number of ether oxygens (including phenoxy) is 12. The minimum Gasteiger partial charge on any atom is -0.378 e. The van der Waals surface area contributed by atoms with Crippen molar-refractivity contribution in [2.24, 2.45) is 0 Å². The summed E-state index contributed by atoms with van der Waals surface area (Å²) in [4.78, 5) is 62.8. The van der Waals surface area contributed by atoms with E-state index in [-0.39, 0.29) is 56.5 Å². The van der Waals surface area contributed by atoms with E-state index in [1.807, 2.05) is 11.8 Å². The van der Waals surface area contributed by atoms with Crippen LogP contribution in [0.15, 0.2) is 0 Å². The van der Waals surface area contributed by atoms with E-state index in [0.29, 0.717) is 169 Å². The third-order valence-electron chi connectivity index (χ3n) is 9.39. The highest BCUT2D eigenvalue weighted by Crippen LogP contribution is 2.33. The van der Waals surface area contributed by atoms with Crippen molar-refractivity contribution in [3.63, 3.8) is 0 Å². The summed E-state index contributed by atoms with van der Waals surface area (Å²) >= 11 is 1.90. The molecule has 22 nitrogen and oxygen atoms in total. The van der Waals surface area contributed by atoms with Gasteiger partial charge in [0.1, 0.15) is 0 Å². The zero-order valence-corrected chi connectivity index (χ0v) is 38.1. The Morgan fingerprint density at radius 2 is 0.906 bits per heavy atom. The Morgan fingerprint density at radius 1 is 0.516 bits per heavy atom. The van der Waals surface area contributed by atoms with Crippen LogP contribution >= 0.6 is 11.8 Å². The van der Waals surface area contributed by atoms with E-state index >= 15 is 0 Å². The highest BCUT2D eigenvalue weighted by molar-refractivity contribution is 8.00. The third-order valence-corrected chi connectivity index (χ3v) is 10.9. The van der Waals surface area contributed by atoms with E-state index in [1.165, 1.54) is 0 Å². The second-order valence-electron chi connectivity index (χ2n) is 14.4. The van der Waals surface area contributed by atoms with Crippen LogP contribution in [0.4, 0.5) is 4.79 Å². The minimum absolute atomic E-state index is 0.0345. The zero-order chi connectivity index (χ0) is 45.6. The minimum atomic E-state index is -0.704. The predicted octanol–water partition coefficient (Wildman–Crippen LogP) is 0.0249. The molecule has 0 aromatic heterocycles. The smallest absolute Gasteiger partial charge is 0.335 e. The van der Waals surface area contributed by atoms with Gasteiger partial charge in [-0.25, -0.2) is 9.59 Å². The lowest BCUT2D eigenvalue weighted by molar-refractivity contribution is -0.198. The number of hydroxylamine groups is 2. The van der Waals surface area contributed by atoms with Crippen LogP contribution < -0.4 is 16.0 Å². The van der Waals surface area contributed by atoms with E-state index in [0.717, 1.165) is 25.0 Å². The number of carbonyl (C=O) groups is 5. The number of nitrogens with zero attached hydrogens (tertiary/aromatic N) is 1. The average molecular weight is 941 g/mol. The van der Waals surface area contributed by atoms with Gasteiger partial charge >= 0.3 is 12.0 Å². The number of fused-ring (bicyclic) bond motifs is 1. The van der Waals surface area contributed by atoms with E-state index in [2.05, 4.69) is 16.0 Å². The second kappa shape index (κ2) is 38.3. The molecule has 23 heteroatoms. The lowest BCUT2D eigenvalue weighted by Gasteiger charge is -2.16. The maximum Gasteiger partial charge on any atom is 0.335 e. The maximum atomic E-state index is 12.1. The molecular weight excluding hydrogens is 869 g/mol. The van der Waals surface area contributed by atoms with Crippen LogP contribution in [0.2, 0.25) is 0 Å². The molecule has 0 saturated carbocycles. The van der Waals surface area contributed by atoms with Crippen LogP contribution in [-0.4, -0.2) is 223 Å². The van der Waals surface area contributed by atoms with E-state index in [1.54, 1.807) is 0 Å². The summed E-state index contributed by atoms with van der Waals surface area (Å²) in [5.41, 5.74) is 0. The Labute approximate surface area is 380 Å². The van der Waals surface area contributed by atoms with Gasteiger partial charge in [0.2, 0.25) is 5.91 Å². The number of hydrogen-bond donors (Lipinski definition) is 3. The number of imide groups is 1. The summed E-state index contributed by atoms with van der Waals surface area (Å²) in [6.07, 6.45) is 3.33. The molecule has 0 unspecified atom stereocenters. The molecule has 5 amide bonds. The zero-order valence-electron chi connectivity index (χ0n) is 37.3. The van der Waals surface area contributed by atoms with E-state index in [9.17, 15) is 24.0 Å². The number of nitrogens with one attached hydrogen (secondary N) is 3. The summed E-state index contributed by atoms with van der Waals surface area (Å²) in [6.45, 7) is 10.7. The molecule has 0 bridgehead atoms. The van der Waals surface area contributed by atoms with Crippen LogP contribution in [0.25, 0.3) is 0 Å². The van der Waals surface area contributed by atoms with Crippen molar-refractivity contribution in [3.05, 3.63) is 0 Å². The molecule has 0 aromatic rings. The summed E-state index contributed by atoms with van der Waals surface area (Å²) in [7, 11) is 0. The fourth-order valence-electron chi connectivity index (χ4n) is 6.11. The number of urea groups is 1. The van der Waals surface area contributed by atoms with Crippen LogP contribution in [-0.2, 0) is 80.9 Å². The molecule has 3 heterocycles. The van der Waals surface area contributed by atoms with Crippen molar-refractivity contribution in [1.82, 2.24) is 21.0 Å². The average Bonchev–Trinajstić information content (AvgIpc) is 3.95. The molecule has 0 radical (unpaired) electrons. The molecule has 3 rings (SSSR count). The summed E-state index contributed by atoms with van der Waals surface area (Å²) in [5, 5.41) is 9.78. The lowest BCUT2D eigenvalue weighted by atomic mass is 10.0. The standard InChI is InChI=1S/C41H72N4O18S/c46-36(4-2-1-3-35-40-34(33-64-35)43-41(50)44-40)42-8-10-52-12-14-54-16-18-56-20-22-58-24-26-60-28-30-62-32-31-61-29-27-59-25-23-57-21-19-55-17-15-53-13-11-51-9-7-39(49)63-45-37(47)5-6-38(45)48/h34-35,40H,1-33H2,(H,42,46)(H2,43,44,50)/t34-,35-,40+/m0/s1. The number of amides is 5. The molecule has 3 aliphatic heterocycles. The second-order valence-corrected chi connectivity index (χ2v) is 15.6. The first-order chi connectivity index (χ1) is 31.4. The quantitative estimate of drug-likeness (QED) is 0.0414. The van der Waals surface area contributed by atoms with Gasteiger partial charge in [-0.05, 0) is 12.8 Å². The molecule has 0 spiro atoms. The normalized spacial score (nSPS) is 18.2. The van der Waals surface area contributed by atoms with Crippen LogP contribution in [0.1, 0.15) is 44.9 Å². The van der Waals surface area contributed by atoms with Crippen molar-refractivity contribution < 1.29 is 85.7 Å². The Kier molecular flexibility index (Phi) is 33.3. The largest absolute Gasteiger partial charge is 0.378 e. The molecule has 3 fully saturated rings. The molecule has 0 aromatic carbocycles. The fraction of sp³-hybridized carbons (Fsp3) is 0.878. The van der Waals surface area contributed by atoms with Crippen LogP contribution in [0.3, 0.4) is 0 Å². The lowest BCUT2D eigenvalue weighted by Crippen LogP contribution is -2.36. The summed E-state index contributed by atoms with van der Waals surface area (Å²) < 4.78 is 65.5. The van der Waals surface area contributed by atoms with Gasteiger partial charge in [-0.15, -0.1) is 5.06 Å². The molecule has 64 heavy (non-hydrogen) atoms. The number of hydrogen-bond acceptors (Lipinski definition) is 19. The first kappa shape index (κ1) is 55.5. The van der Waals surface area contributed by atoms with E-state index < -0.39 is 17.8 Å². The first-order valence-electron chi connectivity index (χ1n) is 22.4. The van der Waals surface area contributed by atoms with Gasteiger partial charge in [-0.1, -0.05) is 6.42 Å². The molecular formula is C41H72N4O18S. The van der Waals surface area contributed by atoms with Gasteiger partial charge in [0.15, 0.2) is 0 Å². The van der Waals surface area contributed by atoms with Gasteiger partial charge < -0.3 is 77.6 Å². The Bertz CT molecular complexity index is 1250. The number of thioether (sulfide) groups is 1. The summed E-state index contributed by atoms with van der Waals surface area (Å²) in [6, 6.07) is 0.384. The van der Waals surface area contributed by atoms with Crippen LogP contribution in [0.5, 0.6) is 0 Å². The summed E-state index contributed by atoms with van der Waals surface area (Å²) in [5.74, 6) is -0.746. The van der Waals surface area contributed by atoms with Gasteiger partial charge in [0, 0.05) is 36.8 Å². The SMILES string of the molecule is O=C(CCCC[C@@H]1SC[C@@H]2NC(=O)N[C@H]21)NCCOCCOCCOCCOCCOCCOCCOCCOCCOCCOCCOCCOCCC(=O)ON1C(=O)CCC1=O. The van der Waals surface area contributed by atoms with Crippen molar-refractivity contribution in [2.45, 2.75) is 62.3 Å². The number of unbranched alkanes of at least 4 members (excludes halogenated alkanes) is 1. The maximum absolute atomic E-state index is 12.1. The van der Waals surface area contributed by atoms with Crippen LogP contribution in [0, 0.1) is 0 Å². The molecule has 3 N–H and O–H groups in total. The van der Waals surface area contributed by atoms with Crippen molar-refractivity contribution in [1.29, 1.82) is 0 Å². The van der Waals surface area contributed by atoms with Crippen molar-refractivity contribution >= 4 is 41.5 Å². The highest BCUT2D eigenvalue weighted by atomic mass is 32.2. The molecule has 3 saturated heterocycles. The predicted molar refractivity (Wildman–Crippen MR) is 229 cm³/mol.